The molecule has 0 radical (unpaired) electrons. The van der Waals surface area contributed by atoms with Crippen molar-refractivity contribution in [2.24, 2.45) is 0 Å². The first-order valence-electron chi connectivity index (χ1n) is 7.78. The van der Waals surface area contributed by atoms with Crippen molar-refractivity contribution in [1.29, 1.82) is 10.5 Å². The smallest absolute Gasteiger partial charge is 0.263 e. The number of anilines is 1. The molecule has 0 unspecified atom stereocenters. The molecule has 0 atom stereocenters. The summed E-state index contributed by atoms with van der Waals surface area (Å²) in [4.78, 5) is 3.45. The zero-order valence-electron chi connectivity index (χ0n) is 14.1. The van der Waals surface area contributed by atoms with Crippen LogP contribution in [-0.4, -0.2) is 13.4 Å². The summed E-state index contributed by atoms with van der Waals surface area (Å²) < 4.78 is 45.7. The van der Waals surface area contributed by atoms with Crippen LogP contribution in [0.2, 0.25) is 0 Å². The molecule has 0 aliphatic rings. The van der Waals surface area contributed by atoms with Gasteiger partial charge >= 0.3 is 0 Å². The van der Waals surface area contributed by atoms with Gasteiger partial charge in [-0.3, -0.25) is 4.72 Å². The van der Waals surface area contributed by atoms with Gasteiger partial charge in [-0.15, -0.1) is 0 Å². The third kappa shape index (κ3) is 4.23. The Bertz CT molecular complexity index is 1210. The Morgan fingerprint density at radius 2 is 1.86 bits per heavy atom. The highest BCUT2D eigenvalue weighted by molar-refractivity contribution is 7.92. The fourth-order valence-electron chi connectivity index (χ4n) is 2.24. The van der Waals surface area contributed by atoms with Crippen LogP contribution in [-0.2, 0) is 10.0 Å². The Balaban J connectivity index is 1.89. The van der Waals surface area contributed by atoms with Gasteiger partial charge in [0.2, 0.25) is 0 Å². The third-order valence-electron chi connectivity index (χ3n) is 3.54. The zero-order valence-corrected chi connectivity index (χ0v) is 14.9. The molecule has 3 aromatic rings. The number of benzene rings is 2. The van der Waals surface area contributed by atoms with Crippen LogP contribution in [0.4, 0.5) is 10.2 Å². The molecule has 7 nitrogen and oxygen atoms in total. The second-order valence-corrected chi connectivity index (χ2v) is 7.16. The van der Waals surface area contributed by atoms with Crippen molar-refractivity contribution < 1.29 is 17.5 Å². The van der Waals surface area contributed by atoms with E-state index in [4.69, 9.17) is 10.00 Å². The monoisotopic (exact) mass is 394 g/mol. The molecule has 0 aliphatic carbocycles. The summed E-state index contributed by atoms with van der Waals surface area (Å²) in [5.74, 6) is -0.193. The summed E-state index contributed by atoms with van der Waals surface area (Å²) in [6, 6.07) is 16.2. The number of pyridine rings is 1. The van der Waals surface area contributed by atoms with E-state index >= 15 is 0 Å². The van der Waals surface area contributed by atoms with E-state index in [1.807, 2.05) is 12.1 Å². The van der Waals surface area contributed by atoms with E-state index in [0.717, 1.165) is 18.3 Å². The Labute approximate surface area is 160 Å². The summed E-state index contributed by atoms with van der Waals surface area (Å²) in [5, 5.41) is 18.3. The average Bonchev–Trinajstić information content (AvgIpc) is 2.70. The molecule has 0 bridgehead atoms. The van der Waals surface area contributed by atoms with Gasteiger partial charge in [0.15, 0.2) is 0 Å². The maximum absolute atomic E-state index is 12.9. The molecule has 138 valence electrons. The number of rotatable bonds is 5. The summed E-state index contributed by atoms with van der Waals surface area (Å²) >= 11 is 0. The molecule has 3 rings (SSSR count). The predicted molar refractivity (Wildman–Crippen MR) is 97.4 cm³/mol. The lowest BCUT2D eigenvalue weighted by Gasteiger charge is -2.11. The molecular weight excluding hydrogens is 383 g/mol. The first-order valence-corrected chi connectivity index (χ1v) is 9.26. The minimum Gasteiger partial charge on any atom is -0.456 e. The van der Waals surface area contributed by atoms with Crippen molar-refractivity contribution in [3.8, 4) is 23.6 Å². The Morgan fingerprint density at radius 3 is 2.54 bits per heavy atom. The second kappa shape index (κ2) is 7.74. The van der Waals surface area contributed by atoms with E-state index in [0.29, 0.717) is 11.3 Å². The molecule has 0 aliphatic heterocycles. The van der Waals surface area contributed by atoms with E-state index in [9.17, 15) is 18.1 Å². The molecule has 1 N–H and O–H groups in total. The van der Waals surface area contributed by atoms with E-state index in [-0.39, 0.29) is 22.0 Å². The van der Waals surface area contributed by atoms with Crippen LogP contribution in [0.1, 0.15) is 11.1 Å². The second-order valence-electron chi connectivity index (χ2n) is 5.48. The topological polar surface area (TPSA) is 116 Å². The summed E-state index contributed by atoms with van der Waals surface area (Å²) in [5.41, 5.74) is 0.364. The molecule has 0 saturated carbocycles. The SMILES string of the molecule is N#Cc1cccc(Oc2ccc(S(=O)(=O)Nc3ccc(F)cn3)cc2C#N)c1. The number of halogens is 1. The summed E-state index contributed by atoms with van der Waals surface area (Å²) in [6.45, 7) is 0. The van der Waals surface area contributed by atoms with E-state index in [1.54, 1.807) is 18.2 Å². The molecule has 0 saturated heterocycles. The number of hydrogen-bond acceptors (Lipinski definition) is 6. The first-order chi connectivity index (χ1) is 13.4. The maximum atomic E-state index is 12.9. The molecule has 2 aromatic carbocycles. The van der Waals surface area contributed by atoms with Crippen LogP contribution in [0.3, 0.4) is 0 Å². The molecular formula is C19H11FN4O3S. The largest absolute Gasteiger partial charge is 0.456 e. The molecule has 0 spiro atoms. The number of nitrogens with zero attached hydrogens (tertiary/aromatic N) is 3. The lowest BCUT2D eigenvalue weighted by atomic mass is 10.2. The van der Waals surface area contributed by atoms with E-state index < -0.39 is 15.8 Å². The van der Waals surface area contributed by atoms with Crippen molar-refractivity contribution in [3.05, 3.63) is 77.7 Å². The van der Waals surface area contributed by atoms with Gasteiger partial charge in [0.25, 0.3) is 10.0 Å². The minimum absolute atomic E-state index is 0.0164. The van der Waals surface area contributed by atoms with Crippen molar-refractivity contribution in [2.45, 2.75) is 4.90 Å². The molecule has 0 amide bonds. The van der Waals surface area contributed by atoms with Gasteiger partial charge < -0.3 is 4.74 Å². The van der Waals surface area contributed by atoms with Crippen molar-refractivity contribution in [3.63, 3.8) is 0 Å². The molecule has 9 heteroatoms. The quantitative estimate of drug-likeness (QED) is 0.707. The number of hydrogen-bond donors (Lipinski definition) is 1. The Morgan fingerprint density at radius 1 is 1.04 bits per heavy atom. The van der Waals surface area contributed by atoms with Crippen LogP contribution in [0.15, 0.2) is 65.7 Å². The maximum Gasteiger partial charge on any atom is 0.263 e. The highest BCUT2D eigenvalue weighted by atomic mass is 32.2. The van der Waals surface area contributed by atoms with Crippen LogP contribution >= 0.6 is 0 Å². The zero-order chi connectivity index (χ0) is 20.1. The average molecular weight is 394 g/mol. The standard InChI is InChI=1S/C19H11FN4O3S/c20-15-4-7-19(23-12-15)24-28(25,26)17-5-6-18(14(9-17)11-22)27-16-3-1-2-13(8-16)10-21/h1-9,12H,(H,23,24). The van der Waals surface area contributed by atoms with Crippen LogP contribution in [0.5, 0.6) is 11.5 Å². The van der Waals surface area contributed by atoms with Crippen LogP contribution in [0.25, 0.3) is 0 Å². The fraction of sp³-hybridized carbons (Fsp3) is 0. The van der Waals surface area contributed by atoms with Crippen LogP contribution in [0, 0.1) is 28.5 Å². The van der Waals surface area contributed by atoms with Crippen LogP contribution < -0.4 is 9.46 Å². The van der Waals surface area contributed by atoms with Crippen molar-refractivity contribution in [1.82, 2.24) is 4.98 Å². The van der Waals surface area contributed by atoms with Gasteiger partial charge in [-0.05, 0) is 48.5 Å². The lowest BCUT2D eigenvalue weighted by Crippen LogP contribution is -2.14. The molecule has 1 heterocycles. The van der Waals surface area contributed by atoms with Gasteiger partial charge in [-0.1, -0.05) is 6.07 Å². The first kappa shape index (κ1) is 18.8. The predicted octanol–water partition coefficient (Wildman–Crippen LogP) is 3.56. The Hall–Kier alpha value is -3.95. The van der Waals surface area contributed by atoms with Gasteiger partial charge in [0.1, 0.15) is 29.2 Å². The van der Waals surface area contributed by atoms with E-state index in [1.165, 1.54) is 24.3 Å². The van der Waals surface area contributed by atoms with Gasteiger partial charge in [0.05, 0.1) is 28.3 Å². The highest BCUT2D eigenvalue weighted by Gasteiger charge is 2.18. The lowest BCUT2D eigenvalue weighted by molar-refractivity contribution is 0.480. The molecule has 1 aromatic heterocycles. The number of nitrogens with one attached hydrogen (secondary N) is 1. The Kier molecular flexibility index (Phi) is 5.21. The molecule has 0 fully saturated rings. The summed E-state index contributed by atoms with van der Waals surface area (Å²) in [6.07, 6.45) is 0.880. The van der Waals surface area contributed by atoms with Gasteiger partial charge in [0, 0.05) is 0 Å². The van der Waals surface area contributed by atoms with Crippen molar-refractivity contribution in [2.75, 3.05) is 4.72 Å². The van der Waals surface area contributed by atoms with E-state index in [2.05, 4.69) is 9.71 Å². The van der Waals surface area contributed by atoms with Gasteiger partial charge in [-0.25, -0.2) is 17.8 Å². The fourth-order valence-corrected chi connectivity index (χ4v) is 3.28. The minimum atomic E-state index is -4.04. The third-order valence-corrected chi connectivity index (χ3v) is 4.89. The normalized spacial score (nSPS) is 10.5. The van der Waals surface area contributed by atoms with Gasteiger partial charge in [-0.2, -0.15) is 10.5 Å². The molecule has 28 heavy (non-hydrogen) atoms. The number of ether oxygens (including phenoxy) is 1. The number of nitriles is 2. The summed E-state index contributed by atoms with van der Waals surface area (Å²) in [7, 11) is -4.04. The number of sulfonamides is 1. The highest BCUT2D eigenvalue weighted by Crippen LogP contribution is 2.28. The van der Waals surface area contributed by atoms with Crippen molar-refractivity contribution >= 4 is 15.8 Å². The number of aromatic nitrogens is 1.